The number of hydrogen-bond acceptors (Lipinski definition) is 2. The van der Waals surface area contributed by atoms with Gasteiger partial charge < -0.3 is 9.47 Å². The zero-order chi connectivity index (χ0) is 24.2. The maximum atomic E-state index is 14.8. The van der Waals surface area contributed by atoms with Crippen LogP contribution in [0.1, 0.15) is 67.2 Å². The average molecular weight is 473 g/mol. The first-order valence-electron chi connectivity index (χ1n) is 11.7. The lowest BCUT2D eigenvalue weighted by atomic mass is 9.78. The highest BCUT2D eigenvalue weighted by molar-refractivity contribution is 5.40. The van der Waals surface area contributed by atoms with Crippen molar-refractivity contribution in [1.82, 2.24) is 0 Å². The summed E-state index contributed by atoms with van der Waals surface area (Å²) in [6.07, 6.45) is 5.86. The first-order chi connectivity index (χ1) is 16.4. The first kappa shape index (κ1) is 24.3. The number of benzene rings is 2. The van der Waals surface area contributed by atoms with Crippen molar-refractivity contribution in [3.8, 4) is 17.6 Å². The zero-order valence-corrected chi connectivity index (χ0v) is 19.2. The molecule has 1 saturated heterocycles. The molecular formula is C28H28F4O2. The molecule has 1 saturated carbocycles. The van der Waals surface area contributed by atoms with Gasteiger partial charge in [-0.3, -0.25) is 0 Å². The standard InChI is InChI=1S/C28H28F4O2/c1-3-17-4-8-19(9-5-17)21-12-11-20(25(29)26(21)30)10-6-18-7-14-23(34-16-18)22-13-15-24(33-2)28(32)27(22)31/h3,11-13,15,17-19,23H,1,4-5,7-9,14,16H2,2H3. The van der Waals surface area contributed by atoms with E-state index in [4.69, 9.17) is 9.47 Å². The Labute approximate surface area is 198 Å². The molecule has 2 aliphatic rings. The van der Waals surface area contributed by atoms with Crippen LogP contribution in [-0.4, -0.2) is 13.7 Å². The third kappa shape index (κ3) is 5.00. The van der Waals surface area contributed by atoms with Crippen LogP contribution < -0.4 is 4.74 Å². The fourth-order valence-corrected chi connectivity index (χ4v) is 4.89. The Hall–Kier alpha value is -2.78. The summed E-state index contributed by atoms with van der Waals surface area (Å²) in [6, 6.07) is 6.02. The van der Waals surface area contributed by atoms with Crippen molar-refractivity contribution in [2.45, 2.75) is 50.5 Å². The SMILES string of the molecule is C=CC1CCC(c2ccc(C#CC3CCC(c4ccc(OC)c(F)c4F)OC3)c(F)c2F)CC1. The van der Waals surface area contributed by atoms with Gasteiger partial charge in [-0.25, -0.2) is 13.2 Å². The van der Waals surface area contributed by atoms with Crippen molar-refractivity contribution in [2.75, 3.05) is 13.7 Å². The molecule has 0 radical (unpaired) electrons. The Kier molecular flexibility index (Phi) is 7.63. The van der Waals surface area contributed by atoms with E-state index >= 15 is 0 Å². The molecule has 2 atom stereocenters. The Balaban J connectivity index is 1.40. The predicted octanol–water partition coefficient (Wildman–Crippen LogP) is 7.23. The van der Waals surface area contributed by atoms with E-state index in [0.29, 0.717) is 24.3 Å². The van der Waals surface area contributed by atoms with Crippen LogP contribution in [0, 0.1) is 46.9 Å². The van der Waals surface area contributed by atoms with Crippen LogP contribution in [0.5, 0.6) is 5.75 Å². The molecule has 4 rings (SSSR count). The lowest BCUT2D eigenvalue weighted by molar-refractivity contribution is -0.00528. The summed E-state index contributed by atoms with van der Waals surface area (Å²) in [5, 5.41) is 0. The van der Waals surface area contributed by atoms with Gasteiger partial charge in [-0.15, -0.1) is 6.58 Å². The van der Waals surface area contributed by atoms with Crippen molar-refractivity contribution in [1.29, 1.82) is 0 Å². The molecule has 0 N–H and O–H groups in total. The Morgan fingerprint density at radius 2 is 1.59 bits per heavy atom. The number of methoxy groups -OCH3 is 1. The van der Waals surface area contributed by atoms with Crippen LogP contribution in [0.4, 0.5) is 17.6 Å². The van der Waals surface area contributed by atoms with Gasteiger partial charge in [0.1, 0.15) is 0 Å². The van der Waals surface area contributed by atoms with Gasteiger partial charge in [0, 0.05) is 11.5 Å². The van der Waals surface area contributed by atoms with Gasteiger partial charge in [0.15, 0.2) is 23.2 Å². The van der Waals surface area contributed by atoms with E-state index in [1.54, 1.807) is 12.1 Å². The molecule has 0 spiro atoms. The lowest BCUT2D eigenvalue weighted by Gasteiger charge is -2.27. The van der Waals surface area contributed by atoms with Crippen molar-refractivity contribution in [2.24, 2.45) is 11.8 Å². The molecule has 2 fully saturated rings. The second kappa shape index (κ2) is 10.7. The van der Waals surface area contributed by atoms with Gasteiger partial charge in [0.2, 0.25) is 5.82 Å². The molecule has 0 aromatic heterocycles. The van der Waals surface area contributed by atoms with Gasteiger partial charge in [-0.2, -0.15) is 4.39 Å². The third-order valence-electron chi connectivity index (χ3n) is 6.99. The van der Waals surface area contributed by atoms with Gasteiger partial charge in [0.05, 0.1) is 25.4 Å². The van der Waals surface area contributed by atoms with Crippen LogP contribution in [0.25, 0.3) is 0 Å². The second-order valence-corrected chi connectivity index (χ2v) is 9.03. The minimum Gasteiger partial charge on any atom is -0.494 e. The molecule has 2 aromatic rings. The molecule has 1 aliphatic heterocycles. The topological polar surface area (TPSA) is 18.5 Å². The predicted molar refractivity (Wildman–Crippen MR) is 122 cm³/mol. The van der Waals surface area contributed by atoms with Crippen LogP contribution in [0.15, 0.2) is 36.9 Å². The molecule has 34 heavy (non-hydrogen) atoms. The van der Waals surface area contributed by atoms with Crippen molar-refractivity contribution in [3.05, 3.63) is 76.9 Å². The van der Waals surface area contributed by atoms with Crippen LogP contribution in [0.3, 0.4) is 0 Å². The summed E-state index contributed by atoms with van der Waals surface area (Å²) in [6.45, 7) is 4.02. The summed E-state index contributed by atoms with van der Waals surface area (Å²) in [4.78, 5) is 0. The molecule has 6 heteroatoms. The molecule has 2 unspecified atom stereocenters. The van der Waals surface area contributed by atoms with Crippen LogP contribution in [-0.2, 0) is 4.74 Å². The summed E-state index contributed by atoms with van der Waals surface area (Å²) in [5.74, 6) is 2.05. The fraction of sp³-hybridized carbons (Fsp3) is 0.429. The summed E-state index contributed by atoms with van der Waals surface area (Å²) < 4.78 is 68.4. The van der Waals surface area contributed by atoms with E-state index in [1.165, 1.54) is 19.2 Å². The normalized spacial score (nSPS) is 24.7. The average Bonchev–Trinajstić information content (AvgIpc) is 2.87. The lowest BCUT2D eigenvalue weighted by Crippen LogP contribution is -2.20. The number of hydrogen-bond donors (Lipinski definition) is 0. The van der Waals surface area contributed by atoms with Gasteiger partial charge in [-0.1, -0.05) is 24.0 Å². The monoisotopic (exact) mass is 472 g/mol. The molecule has 0 amide bonds. The summed E-state index contributed by atoms with van der Waals surface area (Å²) in [5.41, 5.74) is 0.574. The minimum absolute atomic E-state index is 0.0135. The molecular weight excluding hydrogens is 444 g/mol. The quantitative estimate of drug-likeness (QED) is 0.266. The van der Waals surface area contributed by atoms with E-state index in [-0.39, 0.29) is 35.3 Å². The number of allylic oxidation sites excluding steroid dienone is 1. The maximum Gasteiger partial charge on any atom is 0.200 e. The first-order valence-corrected chi connectivity index (χ1v) is 11.7. The van der Waals surface area contributed by atoms with Crippen LogP contribution in [0.2, 0.25) is 0 Å². The minimum atomic E-state index is -1.04. The zero-order valence-electron chi connectivity index (χ0n) is 19.2. The highest BCUT2D eigenvalue weighted by Crippen LogP contribution is 2.38. The molecule has 180 valence electrons. The maximum absolute atomic E-state index is 14.8. The van der Waals surface area contributed by atoms with Crippen molar-refractivity contribution in [3.63, 3.8) is 0 Å². The van der Waals surface area contributed by atoms with Gasteiger partial charge in [-0.05, 0) is 74.1 Å². The molecule has 1 aliphatic carbocycles. The third-order valence-corrected chi connectivity index (χ3v) is 6.99. The number of rotatable bonds is 4. The summed E-state index contributed by atoms with van der Waals surface area (Å²) in [7, 11) is 1.27. The van der Waals surface area contributed by atoms with E-state index in [1.807, 2.05) is 6.08 Å². The second-order valence-electron chi connectivity index (χ2n) is 9.03. The van der Waals surface area contributed by atoms with Gasteiger partial charge >= 0.3 is 0 Å². The number of halogens is 4. The van der Waals surface area contributed by atoms with Crippen molar-refractivity contribution < 1.29 is 27.0 Å². The molecule has 2 nitrogen and oxygen atoms in total. The Morgan fingerprint density at radius 3 is 2.24 bits per heavy atom. The van der Waals surface area contributed by atoms with Gasteiger partial charge in [0.25, 0.3) is 0 Å². The molecule has 0 bridgehead atoms. The summed E-state index contributed by atoms with van der Waals surface area (Å²) >= 11 is 0. The van der Waals surface area contributed by atoms with E-state index in [2.05, 4.69) is 18.4 Å². The van der Waals surface area contributed by atoms with E-state index in [9.17, 15) is 17.6 Å². The van der Waals surface area contributed by atoms with E-state index < -0.39 is 29.4 Å². The largest absolute Gasteiger partial charge is 0.494 e. The highest BCUT2D eigenvalue weighted by Gasteiger charge is 2.27. The Morgan fingerprint density at radius 1 is 0.882 bits per heavy atom. The van der Waals surface area contributed by atoms with E-state index in [0.717, 1.165) is 25.7 Å². The Bertz CT molecular complexity index is 1100. The van der Waals surface area contributed by atoms with Crippen molar-refractivity contribution >= 4 is 0 Å². The number of ether oxygens (including phenoxy) is 2. The molecule has 1 heterocycles. The molecule has 2 aromatic carbocycles. The van der Waals surface area contributed by atoms with Crippen LogP contribution >= 0.6 is 0 Å². The smallest absolute Gasteiger partial charge is 0.200 e. The highest BCUT2D eigenvalue weighted by atomic mass is 19.2. The fourth-order valence-electron chi connectivity index (χ4n) is 4.89.